The molecule has 1 aromatic heterocycles. The second-order valence-electron chi connectivity index (χ2n) is 3.60. The zero-order chi connectivity index (χ0) is 10.9. The van der Waals surface area contributed by atoms with Crippen molar-refractivity contribution in [3.8, 4) is 12.3 Å². The Morgan fingerprint density at radius 2 is 1.86 bits per heavy atom. The molecule has 4 radical (unpaired) electrons. The molecule has 1 nitrogen and oxygen atoms in total. The van der Waals surface area contributed by atoms with E-state index in [9.17, 15) is 0 Å². The first-order valence-electron chi connectivity index (χ1n) is 4.51. The van der Waals surface area contributed by atoms with Gasteiger partial charge in [-0.25, -0.2) is 4.98 Å². The van der Waals surface area contributed by atoms with Gasteiger partial charge in [-0.05, 0) is 12.8 Å². The van der Waals surface area contributed by atoms with E-state index in [1.165, 1.54) is 0 Å². The second kappa shape index (κ2) is 3.92. The van der Waals surface area contributed by atoms with Crippen LogP contribution in [0.25, 0.3) is 0 Å². The summed E-state index contributed by atoms with van der Waals surface area (Å²) >= 11 is 0. The van der Waals surface area contributed by atoms with Crippen LogP contribution < -0.4 is 10.9 Å². The molecule has 3 heteroatoms. The van der Waals surface area contributed by atoms with Crippen LogP contribution in [0.3, 0.4) is 0 Å². The minimum atomic E-state index is 0.251. The van der Waals surface area contributed by atoms with Crippen molar-refractivity contribution in [3.05, 3.63) is 17.0 Å². The molecule has 0 aliphatic carbocycles. The lowest BCUT2D eigenvalue weighted by Crippen LogP contribution is -2.29. The van der Waals surface area contributed by atoms with Crippen LogP contribution in [-0.4, -0.2) is 20.7 Å². The molecule has 0 atom stereocenters. The maximum Gasteiger partial charge on any atom is 0.118 e. The molecule has 1 heterocycles. The number of rotatable bonds is 1. The van der Waals surface area contributed by atoms with Gasteiger partial charge in [0, 0.05) is 5.69 Å². The van der Waals surface area contributed by atoms with Crippen LogP contribution >= 0.6 is 0 Å². The normalized spacial score (nSPS) is 10.2. The first-order valence-corrected chi connectivity index (χ1v) is 4.51. The van der Waals surface area contributed by atoms with Crippen molar-refractivity contribution < 1.29 is 0 Å². The van der Waals surface area contributed by atoms with Crippen molar-refractivity contribution in [2.75, 3.05) is 0 Å². The summed E-state index contributed by atoms with van der Waals surface area (Å²) in [7, 11) is 11.7. The van der Waals surface area contributed by atoms with E-state index in [4.69, 9.17) is 22.1 Å². The lowest BCUT2D eigenvalue weighted by atomic mass is 9.78. The molecule has 0 unspecified atom stereocenters. The van der Waals surface area contributed by atoms with Gasteiger partial charge in [-0.1, -0.05) is 36.3 Å². The minimum absolute atomic E-state index is 0.251. The SMILES string of the molecule is [B]c1c(C#C)nc(C(C)C)c([B])c1C. The monoisotopic (exact) mass is 179 g/mol. The third kappa shape index (κ3) is 1.70. The number of aromatic nitrogens is 1. The van der Waals surface area contributed by atoms with E-state index >= 15 is 0 Å². The largest absolute Gasteiger partial charge is 0.245 e. The van der Waals surface area contributed by atoms with Crippen LogP contribution in [0.4, 0.5) is 0 Å². The van der Waals surface area contributed by atoms with Crippen LogP contribution in [0.1, 0.15) is 36.7 Å². The third-order valence-corrected chi connectivity index (χ3v) is 2.25. The first-order chi connectivity index (χ1) is 6.49. The Morgan fingerprint density at radius 3 is 2.29 bits per heavy atom. The maximum absolute atomic E-state index is 5.90. The van der Waals surface area contributed by atoms with E-state index in [-0.39, 0.29) is 5.92 Å². The summed E-state index contributed by atoms with van der Waals surface area (Å²) in [5.74, 6) is 2.72. The lowest BCUT2D eigenvalue weighted by Gasteiger charge is -2.15. The van der Waals surface area contributed by atoms with Gasteiger partial charge < -0.3 is 0 Å². The minimum Gasteiger partial charge on any atom is -0.245 e. The molecule has 1 rings (SSSR count). The number of nitrogens with zero attached hydrogens (tertiary/aromatic N) is 1. The van der Waals surface area contributed by atoms with E-state index in [0.29, 0.717) is 16.6 Å². The maximum atomic E-state index is 5.90. The van der Waals surface area contributed by atoms with Crippen molar-refractivity contribution in [1.29, 1.82) is 0 Å². The van der Waals surface area contributed by atoms with Gasteiger partial charge in [-0.3, -0.25) is 0 Å². The molecular formula is C11H11B2N. The van der Waals surface area contributed by atoms with E-state index in [0.717, 1.165) is 11.3 Å². The van der Waals surface area contributed by atoms with Crippen molar-refractivity contribution in [1.82, 2.24) is 4.98 Å². The number of terminal acetylenes is 1. The van der Waals surface area contributed by atoms with E-state index in [1.54, 1.807) is 0 Å². The molecule has 0 fully saturated rings. The number of hydrogen-bond acceptors (Lipinski definition) is 1. The van der Waals surface area contributed by atoms with Gasteiger partial charge >= 0.3 is 0 Å². The van der Waals surface area contributed by atoms with E-state index < -0.39 is 0 Å². The Bertz CT molecular complexity index is 403. The average molecular weight is 179 g/mol. The molecule has 0 aliphatic heterocycles. The predicted octanol–water partition coefficient (Wildman–Crippen LogP) is 0.0823. The number of hydrogen-bond donors (Lipinski definition) is 0. The predicted molar refractivity (Wildman–Crippen MR) is 61.8 cm³/mol. The van der Waals surface area contributed by atoms with E-state index in [2.05, 4.69) is 10.9 Å². The average Bonchev–Trinajstić information content (AvgIpc) is 2.14. The van der Waals surface area contributed by atoms with Crippen molar-refractivity contribution in [3.63, 3.8) is 0 Å². The second-order valence-corrected chi connectivity index (χ2v) is 3.60. The van der Waals surface area contributed by atoms with Crippen molar-refractivity contribution in [2.24, 2.45) is 0 Å². The van der Waals surface area contributed by atoms with Gasteiger partial charge in [0.2, 0.25) is 0 Å². The van der Waals surface area contributed by atoms with Crippen molar-refractivity contribution >= 4 is 26.6 Å². The Morgan fingerprint density at radius 1 is 1.29 bits per heavy atom. The summed E-state index contributed by atoms with van der Waals surface area (Å²) in [6.07, 6.45) is 5.31. The molecule has 0 saturated carbocycles. The molecule has 0 bridgehead atoms. The standard InChI is InChI=1S/C11H11B2N/c1-5-8-9(12)7(4)10(13)11(14-8)6(2)3/h1,6H,2-4H3. The highest BCUT2D eigenvalue weighted by molar-refractivity contribution is 6.40. The highest BCUT2D eigenvalue weighted by Crippen LogP contribution is 2.09. The fourth-order valence-corrected chi connectivity index (χ4v) is 1.31. The summed E-state index contributed by atoms with van der Waals surface area (Å²) in [5.41, 5.74) is 3.30. The Balaban J connectivity index is 3.50. The Labute approximate surface area is 88.1 Å². The zero-order valence-electron chi connectivity index (χ0n) is 8.76. The zero-order valence-corrected chi connectivity index (χ0v) is 8.76. The molecule has 0 aromatic carbocycles. The molecule has 0 spiro atoms. The topological polar surface area (TPSA) is 12.9 Å². The molecule has 0 aliphatic rings. The van der Waals surface area contributed by atoms with E-state index in [1.807, 2.05) is 20.8 Å². The molecule has 1 aromatic rings. The Kier molecular flexibility index (Phi) is 3.06. The number of pyridine rings is 1. The quantitative estimate of drug-likeness (QED) is 0.439. The van der Waals surface area contributed by atoms with Gasteiger partial charge in [-0.15, -0.1) is 6.42 Å². The van der Waals surface area contributed by atoms with Crippen LogP contribution in [0, 0.1) is 19.3 Å². The fraction of sp³-hybridized carbons (Fsp3) is 0.364. The van der Waals surface area contributed by atoms with Gasteiger partial charge in [0.15, 0.2) is 0 Å². The molecular weight excluding hydrogens is 168 g/mol. The van der Waals surface area contributed by atoms with Crippen LogP contribution in [0.15, 0.2) is 0 Å². The molecule has 14 heavy (non-hydrogen) atoms. The van der Waals surface area contributed by atoms with Crippen LogP contribution in [0.2, 0.25) is 0 Å². The molecule has 0 saturated heterocycles. The van der Waals surface area contributed by atoms with Gasteiger partial charge in [0.1, 0.15) is 21.4 Å². The molecule has 0 amide bonds. The summed E-state index contributed by atoms with van der Waals surface area (Å²) in [6.45, 7) is 5.91. The van der Waals surface area contributed by atoms with Crippen LogP contribution in [0.5, 0.6) is 0 Å². The van der Waals surface area contributed by atoms with Gasteiger partial charge in [-0.2, -0.15) is 0 Å². The summed E-state index contributed by atoms with van der Waals surface area (Å²) in [4.78, 5) is 4.26. The van der Waals surface area contributed by atoms with Crippen LogP contribution in [-0.2, 0) is 0 Å². The summed E-state index contributed by atoms with van der Waals surface area (Å²) < 4.78 is 0. The van der Waals surface area contributed by atoms with Crippen molar-refractivity contribution in [2.45, 2.75) is 26.7 Å². The lowest BCUT2D eigenvalue weighted by molar-refractivity contribution is 0.828. The highest BCUT2D eigenvalue weighted by atomic mass is 14.7. The van der Waals surface area contributed by atoms with Gasteiger partial charge in [0.25, 0.3) is 0 Å². The fourth-order valence-electron chi connectivity index (χ4n) is 1.31. The first kappa shape index (κ1) is 10.9. The van der Waals surface area contributed by atoms with Gasteiger partial charge in [0.05, 0.1) is 0 Å². The summed E-state index contributed by atoms with van der Waals surface area (Å²) in [5, 5.41) is 0. The highest BCUT2D eigenvalue weighted by Gasteiger charge is 2.11. The molecule has 66 valence electrons. The summed E-state index contributed by atoms with van der Waals surface area (Å²) in [6, 6.07) is 0. The third-order valence-electron chi connectivity index (χ3n) is 2.25. The Hall–Kier alpha value is -1.16. The molecule has 0 N–H and O–H groups in total. The smallest absolute Gasteiger partial charge is 0.118 e.